The molecule has 0 unspecified atom stereocenters. The van der Waals surface area contributed by atoms with Crippen LogP contribution < -0.4 is 10.9 Å². The number of methoxy groups -OCH3 is 1. The van der Waals surface area contributed by atoms with Gasteiger partial charge in [-0.3, -0.25) is 9.36 Å². The maximum absolute atomic E-state index is 12.9. The highest BCUT2D eigenvalue weighted by Gasteiger charge is 2.26. The second kappa shape index (κ2) is 8.52. The van der Waals surface area contributed by atoms with Gasteiger partial charge in [0, 0.05) is 42.4 Å². The van der Waals surface area contributed by atoms with Crippen molar-refractivity contribution in [3.63, 3.8) is 0 Å². The lowest BCUT2D eigenvalue weighted by Gasteiger charge is -2.27. The lowest BCUT2D eigenvalue weighted by atomic mass is 10.1. The van der Waals surface area contributed by atoms with E-state index in [1.165, 1.54) is 11.3 Å². The fraction of sp³-hybridized carbons (Fsp3) is 0.350. The van der Waals surface area contributed by atoms with Gasteiger partial charge in [-0.25, -0.2) is 9.78 Å². The number of aromatic nitrogens is 2. The molecule has 0 bridgehead atoms. The van der Waals surface area contributed by atoms with Crippen molar-refractivity contribution >= 4 is 44.9 Å². The molecule has 3 aromatic rings. The molecular weight excluding hydrogens is 412 g/mol. The minimum Gasteiger partial charge on any atom is -0.385 e. The van der Waals surface area contributed by atoms with Crippen LogP contribution in [0.1, 0.15) is 16.9 Å². The molecule has 9 heteroatoms. The maximum atomic E-state index is 12.9. The summed E-state index contributed by atoms with van der Waals surface area (Å²) in [7, 11) is 1.65. The van der Waals surface area contributed by atoms with Gasteiger partial charge < -0.3 is 15.0 Å². The largest absolute Gasteiger partial charge is 0.385 e. The number of thiophene rings is 1. The molecule has 0 saturated heterocycles. The molecule has 152 valence electrons. The number of urea groups is 1. The minimum absolute atomic E-state index is 0.0114. The molecule has 0 saturated carbocycles. The summed E-state index contributed by atoms with van der Waals surface area (Å²) in [6.07, 6.45) is 3.00. The quantitative estimate of drug-likeness (QED) is 0.623. The number of nitrogens with zero attached hydrogens (tertiary/aromatic N) is 3. The third-order valence-electron chi connectivity index (χ3n) is 4.96. The van der Waals surface area contributed by atoms with Crippen LogP contribution in [0.25, 0.3) is 10.2 Å². The Morgan fingerprint density at radius 1 is 1.34 bits per heavy atom. The summed E-state index contributed by atoms with van der Waals surface area (Å²) in [5.41, 5.74) is 1.71. The van der Waals surface area contributed by atoms with Crippen molar-refractivity contribution in [3.8, 4) is 0 Å². The Bertz CT molecular complexity index is 1090. The molecule has 7 nitrogen and oxygen atoms in total. The van der Waals surface area contributed by atoms with Crippen molar-refractivity contribution < 1.29 is 9.53 Å². The number of rotatable bonds is 5. The summed E-state index contributed by atoms with van der Waals surface area (Å²) in [5.74, 6) is 0. The van der Waals surface area contributed by atoms with Crippen LogP contribution in [0, 0.1) is 0 Å². The number of nitrogens with one attached hydrogen (secondary N) is 1. The van der Waals surface area contributed by atoms with Gasteiger partial charge in [0.1, 0.15) is 4.83 Å². The van der Waals surface area contributed by atoms with E-state index in [-0.39, 0.29) is 11.6 Å². The molecule has 1 aliphatic heterocycles. The van der Waals surface area contributed by atoms with Crippen LogP contribution in [0.5, 0.6) is 0 Å². The molecule has 2 amide bonds. The third-order valence-corrected chi connectivity index (χ3v) is 6.33. The predicted octanol–water partition coefficient (Wildman–Crippen LogP) is 3.74. The summed E-state index contributed by atoms with van der Waals surface area (Å²) < 4.78 is 6.71. The van der Waals surface area contributed by atoms with Crippen LogP contribution in [0.2, 0.25) is 5.02 Å². The van der Waals surface area contributed by atoms with Crippen molar-refractivity contribution in [2.24, 2.45) is 0 Å². The van der Waals surface area contributed by atoms with Crippen molar-refractivity contribution in [2.75, 3.05) is 25.6 Å². The molecule has 3 heterocycles. The lowest BCUT2D eigenvalue weighted by molar-refractivity contribution is 0.190. The molecule has 29 heavy (non-hydrogen) atoms. The van der Waals surface area contributed by atoms with Crippen LogP contribution in [0.15, 0.2) is 35.4 Å². The summed E-state index contributed by atoms with van der Waals surface area (Å²) in [6.45, 7) is 2.20. The molecule has 1 aromatic carbocycles. The van der Waals surface area contributed by atoms with E-state index in [9.17, 15) is 9.59 Å². The van der Waals surface area contributed by atoms with Crippen molar-refractivity contribution in [1.29, 1.82) is 0 Å². The average Bonchev–Trinajstić information content (AvgIpc) is 3.10. The number of ether oxygens (including phenoxy) is 1. The van der Waals surface area contributed by atoms with Gasteiger partial charge in [-0.15, -0.1) is 11.3 Å². The summed E-state index contributed by atoms with van der Waals surface area (Å²) >= 11 is 7.38. The standard InChI is InChI=1S/C20H21ClN4O3S/c1-28-10-2-8-25-12-22-18-17(19(25)26)15-7-9-24(11-16(15)29-18)20(27)23-14-5-3-13(21)4-6-14/h3-6,12H,2,7-11H2,1H3,(H,23,27). The van der Waals surface area contributed by atoms with Gasteiger partial charge in [0.05, 0.1) is 18.3 Å². The van der Waals surface area contributed by atoms with Crippen LogP contribution in [-0.4, -0.2) is 40.7 Å². The Kier molecular flexibility index (Phi) is 5.84. The van der Waals surface area contributed by atoms with Gasteiger partial charge >= 0.3 is 6.03 Å². The highest BCUT2D eigenvalue weighted by atomic mass is 35.5. The Hall–Kier alpha value is -2.42. The number of carbonyl (C=O) groups excluding carboxylic acids is 1. The maximum Gasteiger partial charge on any atom is 0.322 e. The highest BCUT2D eigenvalue weighted by molar-refractivity contribution is 7.18. The minimum atomic E-state index is -0.166. The number of anilines is 1. The fourth-order valence-corrected chi connectivity index (χ4v) is 4.79. The number of halogens is 1. The first-order valence-electron chi connectivity index (χ1n) is 9.37. The van der Waals surface area contributed by atoms with Crippen LogP contribution in [0.3, 0.4) is 0 Å². The summed E-state index contributed by atoms with van der Waals surface area (Å²) in [5, 5.41) is 4.21. The number of hydrogen-bond acceptors (Lipinski definition) is 5. The first-order valence-corrected chi connectivity index (χ1v) is 10.6. The van der Waals surface area contributed by atoms with Crippen molar-refractivity contribution in [1.82, 2.24) is 14.5 Å². The summed E-state index contributed by atoms with van der Waals surface area (Å²) in [6, 6.07) is 6.85. The van der Waals surface area contributed by atoms with Gasteiger partial charge in [-0.1, -0.05) is 11.6 Å². The molecule has 1 aliphatic rings. The molecule has 0 aliphatic carbocycles. The Balaban J connectivity index is 1.53. The highest BCUT2D eigenvalue weighted by Crippen LogP contribution is 2.32. The van der Waals surface area contributed by atoms with E-state index in [1.807, 2.05) is 0 Å². The van der Waals surface area contributed by atoms with Crippen LogP contribution in [0.4, 0.5) is 10.5 Å². The predicted molar refractivity (Wildman–Crippen MR) is 115 cm³/mol. The first kappa shape index (κ1) is 19.9. The van der Waals surface area contributed by atoms with E-state index in [2.05, 4.69) is 10.3 Å². The van der Waals surface area contributed by atoms with Crippen molar-refractivity contribution in [2.45, 2.75) is 25.9 Å². The van der Waals surface area contributed by atoms with E-state index < -0.39 is 0 Å². The SMILES string of the molecule is COCCCn1cnc2sc3c(c2c1=O)CCN(C(=O)Nc1ccc(Cl)cc1)C3. The number of benzene rings is 1. The number of fused-ring (bicyclic) bond motifs is 3. The molecule has 4 rings (SSSR count). The molecular formula is C20H21ClN4O3S. The monoisotopic (exact) mass is 432 g/mol. The molecule has 1 N–H and O–H groups in total. The first-order chi connectivity index (χ1) is 14.1. The molecule has 0 fully saturated rings. The Morgan fingerprint density at radius 2 is 2.14 bits per heavy atom. The van der Waals surface area contributed by atoms with Gasteiger partial charge in [-0.05, 0) is 42.7 Å². The van der Waals surface area contributed by atoms with Gasteiger partial charge in [-0.2, -0.15) is 0 Å². The molecule has 0 radical (unpaired) electrons. The normalized spacial score (nSPS) is 13.5. The molecule has 0 spiro atoms. The van der Waals surface area contributed by atoms with E-state index in [4.69, 9.17) is 16.3 Å². The second-order valence-electron chi connectivity index (χ2n) is 6.88. The zero-order chi connectivity index (χ0) is 20.4. The molecule has 2 aromatic heterocycles. The zero-order valence-electron chi connectivity index (χ0n) is 16.0. The number of carbonyl (C=O) groups is 1. The van der Waals surface area contributed by atoms with E-state index >= 15 is 0 Å². The second-order valence-corrected chi connectivity index (χ2v) is 8.40. The van der Waals surface area contributed by atoms with E-state index in [1.54, 1.807) is 47.2 Å². The van der Waals surface area contributed by atoms with E-state index in [0.717, 1.165) is 21.7 Å². The average molecular weight is 433 g/mol. The van der Waals surface area contributed by atoms with E-state index in [0.29, 0.717) is 48.8 Å². The van der Waals surface area contributed by atoms with Gasteiger partial charge in [0.15, 0.2) is 0 Å². The van der Waals surface area contributed by atoms with Crippen molar-refractivity contribution in [3.05, 3.63) is 56.4 Å². The van der Waals surface area contributed by atoms with Gasteiger partial charge in [0.2, 0.25) is 0 Å². The lowest BCUT2D eigenvalue weighted by Crippen LogP contribution is -2.38. The summed E-state index contributed by atoms with van der Waals surface area (Å²) in [4.78, 5) is 33.6. The molecule has 0 atom stereocenters. The number of amides is 2. The zero-order valence-corrected chi connectivity index (χ0v) is 17.6. The van der Waals surface area contributed by atoms with Gasteiger partial charge in [0.25, 0.3) is 5.56 Å². The Labute approximate surface area is 176 Å². The Morgan fingerprint density at radius 3 is 2.90 bits per heavy atom. The van der Waals surface area contributed by atoms with Crippen LogP contribution >= 0.6 is 22.9 Å². The fourth-order valence-electron chi connectivity index (χ4n) is 3.47. The topological polar surface area (TPSA) is 76.5 Å². The number of aryl methyl sites for hydroxylation is 1. The third kappa shape index (κ3) is 4.14. The smallest absolute Gasteiger partial charge is 0.322 e. The number of hydrogen-bond donors (Lipinski definition) is 1. The van der Waals surface area contributed by atoms with Crippen LogP contribution in [-0.2, 0) is 24.2 Å².